The van der Waals surface area contributed by atoms with Crippen LogP contribution in [-0.2, 0) is 0 Å². The topological polar surface area (TPSA) is 0 Å². The molecule has 106 valence electrons. The van der Waals surface area contributed by atoms with Crippen molar-refractivity contribution in [1.29, 1.82) is 0 Å². The molecule has 0 unspecified atom stereocenters. The fourth-order valence-electron chi connectivity index (χ4n) is 1.38. The molecule has 0 aromatic rings. The average Bonchev–Trinajstić information content (AvgIpc) is 2.94. The maximum absolute atomic E-state index is 3.80. The molecule has 0 aliphatic heterocycles. The first kappa shape index (κ1) is 18.4. The van der Waals surface area contributed by atoms with Crippen LogP contribution in [0.5, 0.6) is 0 Å². The highest BCUT2D eigenvalue weighted by atomic mass is 79.9. The highest BCUT2D eigenvalue weighted by molar-refractivity contribution is 9.11. The summed E-state index contributed by atoms with van der Waals surface area (Å²) in [7, 11) is -1.53. The largest absolute Gasteiger partial charge is 0.0889 e. The van der Waals surface area contributed by atoms with E-state index in [9.17, 15) is 0 Å². The van der Waals surface area contributed by atoms with Crippen LogP contribution in [0, 0.1) is 5.92 Å². The van der Waals surface area contributed by atoms with Crippen LogP contribution in [0.2, 0.25) is 51.4 Å². The highest BCUT2D eigenvalue weighted by Gasteiger charge is 2.17. The van der Waals surface area contributed by atoms with Crippen LogP contribution in [0.15, 0.2) is 23.2 Å². The Hall–Kier alpha value is 0.394. The molecule has 0 aromatic heterocycles. The van der Waals surface area contributed by atoms with Gasteiger partial charge in [0.15, 0.2) is 0 Å². The van der Waals surface area contributed by atoms with Crippen LogP contribution >= 0.6 is 15.9 Å². The summed E-state index contributed by atoms with van der Waals surface area (Å²) in [4.78, 5) is 0. The molecule has 3 heteroatoms. The Kier molecular flexibility index (Phi) is 8.03. The Bertz CT molecular complexity index is 276. The first-order chi connectivity index (χ1) is 7.99. The fraction of sp³-hybridized carbons (Fsp3) is 0.733. The van der Waals surface area contributed by atoms with Gasteiger partial charge in [0.05, 0.1) is 0 Å². The highest BCUT2D eigenvalue weighted by Crippen LogP contribution is 2.25. The van der Waals surface area contributed by atoms with Gasteiger partial charge in [-0.05, 0) is 23.2 Å². The van der Waals surface area contributed by atoms with Gasteiger partial charge >= 0.3 is 0 Å². The van der Waals surface area contributed by atoms with Crippen molar-refractivity contribution in [3.8, 4) is 0 Å². The van der Waals surface area contributed by atoms with Gasteiger partial charge in [-0.15, -0.1) is 0 Å². The van der Waals surface area contributed by atoms with Gasteiger partial charge < -0.3 is 0 Å². The van der Waals surface area contributed by atoms with Gasteiger partial charge in [0.25, 0.3) is 0 Å². The normalized spacial score (nSPS) is 15.1. The van der Waals surface area contributed by atoms with Crippen molar-refractivity contribution in [3.05, 3.63) is 23.2 Å². The van der Waals surface area contributed by atoms with Gasteiger partial charge in [-0.2, -0.15) is 0 Å². The summed E-state index contributed by atoms with van der Waals surface area (Å²) >= 11 is 3.35. The molecule has 1 rings (SSSR count). The zero-order valence-corrected chi connectivity index (χ0v) is 16.7. The lowest BCUT2D eigenvalue weighted by Gasteiger charge is -2.14. The summed E-state index contributed by atoms with van der Waals surface area (Å²) < 4.78 is 1.14. The first-order valence-corrected chi connectivity index (χ1v) is 15.2. The van der Waals surface area contributed by atoms with Crippen molar-refractivity contribution in [2.75, 3.05) is 0 Å². The molecule has 0 heterocycles. The minimum atomic E-state index is -0.811. The molecule has 1 aliphatic rings. The third kappa shape index (κ3) is 16.4. The summed E-state index contributed by atoms with van der Waals surface area (Å²) in [5, 5.41) is 0. The quantitative estimate of drug-likeness (QED) is 0.379. The van der Waals surface area contributed by atoms with Gasteiger partial charge in [0.2, 0.25) is 0 Å². The van der Waals surface area contributed by atoms with Crippen molar-refractivity contribution in [2.45, 2.75) is 64.2 Å². The SMILES string of the molecule is C=C(Br)CC[Si](C)(C)C.C[Si](C)(C)CCC1C=C1. The van der Waals surface area contributed by atoms with Crippen molar-refractivity contribution >= 4 is 32.1 Å². The van der Waals surface area contributed by atoms with Crippen molar-refractivity contribution in [1.82, 2.24) is 0 Å². The molecule has 0 atom stereocenters. The van der Waals surface area contributed by atoms with Crippen LogP contribution in [0.4, 0.5) is 0 Å². The summed E-state index contributed by atoms with van der Waals surface area (Å²) in [5.74, 6) is 0.900. The summed E-state index contributed by atoms with van der Waals surface area (Å²) in [6.45, 7) is 18.3. The molecule has 18 heavy (non-hydrogen) atoms. The van der Waals surface area contributed by atoms with E-state index >= 15 is 0 Å². The lowest BCUT2D eigenvalue weighted by molar-refractivity contribution is 0.848. The second kappa shape index (κ2) is 7.86. The van der Waals surface area contributed by atoms with Gasteiger partial charge in [0.1, 0.15) is 0 Å². The van der Waals surface area contributed by atoms with Crippen molar-refractivity contribution in [3.63, 3.8) is 0 Å². The predicted molar refractivity (Wildman–Crippen MR) is 96.2 cm³/mol. The van der Waals surface area contributed by atoms with Crippen LogP contribution in [0.1, 0.15) is 12.8 Å². The lowest BCUT2D eigenvalue weighted by Crippen LogP contribution is -2.18. The maximum Gasteiger partial charge on any atom is 0.0446 e. The number of hydrogen-bond acceptors (Lipinski definition) is 0. The molecule has 0 amide bonds. The molecule has 0 radical (unpaired) electrons. The molecule has 0 N–H and O–H groups in total. The first-order valence-electron chi connectivity index (χ1n) is 7.01. The van der Waals surface area contributed by atoms with E-state index in [-0.39, 0.29) is 0 Å². The minimum Gasteiger partial charge on any atom is -0.0889 e. The Morgan fingerprint density at radius 2 is 1.44 bits per heavy atom. The predicted octanol–water partition coefficient (Wildman–Crippen LogP) is 6.52. The third-order valence-corrected chi connectivity index (χ3v) is 6.77. The van der Waals surface area contributed by atoms with E-state index in [1.54, 1.807) is 0 Å². The molecular weight excluding hydrogens is 316 g/mol. The standard InChI is InChI=1S/C8H16Si.C7H15BrSi/c1-9(2,3)7-6-8-4-5-8;1-7(8)5-6-9(2,3)4/h4-5,8H,6-7H2,1-3H3;1,5-6H2,2-4H3. The Balaban J connectivity index is 0.000000321. The second-order valence-electron chi connectivity index (χ2n) is 7.73. The molecule has 0 saturated heterocycles. The fourth-order valence-corrected chi connectivity index (χ4v) is 4.20. The van der Waals surface area contributed by atoms with E-state index < -0.39 is 16.1 Å². The monoisotopic (exact) mass is 346 g/mol. The van der Waals surface area contributed by atoms with Gasteiger partial charge in [-0.3, -0.25) is 0 Å². The number of allylic oxidation sites excluding steroid dienone is 3. The molecule has 0 spiro atoms. The maximum atomic E-state index is 3.80. The van der Waals surface area contributed by atoms with E-state index in [4.69, 9.17) is 0 Å². The van der Waals surface area contributed by atoms with Crippen LogP contribution in [0.3, 0.4) is 0 Å². The molecule has 0 bridgehead atoms. The Morgan fingerprint density at radius 1 is 1.00 bits per heavy atom. The Morgan fingerprint density at radius 3 is 1.67 bits per heavy atom. The summed E-state index contributed by atoms with van der Waals surface area (Å²) in [5.41, 5.74) is 0. The van der Waals surface area contributed by atoms with E-state index in [1.807, 2.05) is 0 Å². The molecule has 0 saturated carbocycles. The molecular formula is C15H31BrSi2. The third-order valence-electron chi connectivity index (χ3n) is 2.84. The molecule has 0 aromatic carbocycles. The molecule has 0 nitrogen and oxygen atoms in total. The van der Waals surface area contributed by atoms with Gasteiger partial charge in [-0.1, -0.05) is 86.0 Å². The van der Waals surface area contributed by atoms with Gasteiger partial charge in [0, 0.05) is 16.1 Å². The van der Waals surface area contributed by atoms with Crippen LogP contribution in [-0.4, -0.2) is 16.1 Å². The van der Waals surface area contributed by atoms with Crippen molar-refractivity contribution < 1.29 is 0 Å². The van der Waals surface area contributed by atoms with Gasteiger partial charge in [-0.25, -0.2) is 0 Å². The van der Waals surface area contributed by atoms with E-state index in [0.717, 1.165) is 16.8 Å². The summed E-state index contributed by atoms with van der Waals surface area (Å²) in [6, 6.07) is 2.84. The smallest absolute Gasteiger partial charge is 0.0446 e. The zero-order chi connectivity index (χ0) is 14.4. The lowest BCUT2D eigenvalue weighted by atomic mass is 10.3. The van der Waals surface area contributed by atoms with E-state index in [0.29, 0.717) is 0 Å². The van der Waals surface area contributed by atoms with E-state index in [1.165, 1.54) is 18.5 Å². The number of halogens is 1. The van der Waals surface area contributed by atoms with E-state index in [2.05, 4.69) is 73.9 Å². The molecule has 0 fully saturated rings. The number of hydrogen-bond donors (Lipinski definition) is 0. The minimum absolute atomic E-state index is 0.720. The summed E-state index contributed by atoms with van der Waals surface area (Å²) in [6.07, 6.45) is 7.19. The zero-order valence-electron chi connectivity index (χ0n) is 13.1. The second-order valence-corrected chi connectivity index (χ2v) is 20.1. The molecule has 1 aliphatic carbocycles. The van der Waals surface area contributed by atoms with Crippen molar-refractivity contribution in [2.24, 2.45) is 5.92 Å². The average molecular weight is 347 g/mol. The van der Waals surface area contributed by atoms with Crippen LogP contribution in [0.25, 0.3) is 0 Å². The Labute approximate surface area is 125 Å². The number of rotatable bonds is 6. The van der Waals surface area contributed by atoms with Crippen LogP contribution < -0.4 is 0 Å².